The molecule has 3 heteroatoms. The zero-order valence-electron chi connectivity index (χ0n) is 9.84. The van der Waals surface area contributed by atoms with Crippen LogP contribution in [0.2, 0.25) is 0 Å². The van der Waals surface area contributed by atoms with Crippen LogP contribution < -0.4 is 0 Å². The number of rotatable bonds is 2. The molecule has 1 aromatic carbocycles. The predicted molar refractivity (Wildman–Crippen MR) is 64.4 cm³/mol. The summed E-state index contributed by atoms with van der Waals surface area (Å²) in [6.45, 7) is 1.69. The summed E-state index contributed by atoms with van der Waals surface area (Å²) in [5, 5.41) is 0. The van der Waals surface area contributed by atoms with E-state index < -0.39 is 0 Å². The number of carbonyl (C=O) groups excluding carboxylic acids is 1. The van der Waals surface area contributed by atoms with Crippen molar-refractivity contribution in [1.82, 2.24) is 4.90 Å². The number of fused-ring (bicyclic) bond motifs is 2. The summed E-state index contributed by atoms with van der Waals surface area (Å²) in [5.41, 5.74) is 1.29. The van der Waals surface area contributed by atoms with Crippen LogP contribution in [-0.4, -0.2) is 29.6 Å². The van der Waals surface area contributed by atoms with Crippen molar-refractivity contribution in [3.05, 3.63) is 35.9 Å². The Labute approximate surface area is 101 Å². The first-order chi connectivity index (χ1) is 8.33. The lowest BCUT2D eigenvalue weighted by atomic mass is 9.94. The quantitative estimate of drug-likeness (QED) is 0.779. The minimum absolute atomic E-state index is 0.00945. The SMILES string of the molecule is O=C1C[C@@H]2CCO[C@H](C1)N2Cc1ccccc1. The molecule has 3 nitrogen and oxygen atoms in total. The Morgan fingerprint density at radius 2 is 2.06 bits per heavy atom. The highest BCUT2D eigenvalue weighted by molar-refractivity contribution is 5.80. The number of carbonyl (C=O) groups is 1. The predicted octanol–water partition coefficient (Wildman–Crippen LogP) is 1.97. The van der Waals surface area contributed by atoms with Crippen LogP contribution in [0.4, 0.5) is 0 Å². The topological polar surface area (TPSA) is 29.5 Å². The lowest BCUT2D eigenvalue weighted by Gasteiger charge is -2.45. The van der Waals surface area contributed by atoms with Crippen molar-refractivity contribution >= 4 is 5.78 Å². The fourth-order valence-corrected chi connectivity index (χ4v) is 2.80. The Bertz CT molecular complexity index is 388. The molecule has 0 aromatic heterocycles. The second-order valence-electron chi connectivity index (χ2n) is 4.87. The van der Waals surface area contributed by atoms with Gasteiger partial charge in [-0.15, -0.1) is 0 Å². The molecule has 0 unspecified atom stereocenters. The van der Waals surface area contributed by atoms with Gasteiger partial charge in [0.05, 0.1) is 6.61 Å². The van der Waals surface area contributed by atoms with Crippen molar-refractivity contribution in [2.75, 3.05) is 6.61 Å². The lowest BCUT2D eigenvalue weighted by molar-refractivity contribution is -0.164. The summed E-state index contributed by atoms with van der Waals surface area (Å²) in [4.78, 5) is 13.9. The third-order valence-corrected chi connectivity index (χ3v) is 3.67. The lowest BCUT2D eigenvalue weighted by Crippen LogP contribution is -2.54. The van der Waals surface area contributed by atoms with E-state index in [-0.39, 0.29) is 6.23 Å². The molecule has 2 bridgehead atoms. The van der Waals surface area contributed by atoms with Crippen LogP contribution in [-0.2, 0) is 16.1 Å². The molecule has 17 heavy (non-hydrogen) atoms. The second kappa shape index (κ2) is 4.59. The van der Waals surface area contributed by atoms with E-state index in [4.69, 9.17) is 4.74 Å². The number of ether oxygens (including phenoxy) is 1. The van der Waals surface area contributed by atoms with E-state index in [9.17, 15) is 4.79 Å². The molecule has 2 aliphatic heterocycles. The van der Waals surface area contributed by atoms with Crippen molar-refractivity contribution in [2.45, 2.75) is 38.1 Å². The average molecular weight is 231 g/mol. The molecule has 0 saturated carbocycles. The van der Waals surface area contributed by atoms with Crippen LogP contribution in [0.1, 0.15) is 24.8 Å². The van der Waals surface area contributed by atoms with Gasteiger partial charge < -0.3 is 4.74 Å². The van der Waals surface area contributed by atoms with Crippen molar-refractivity contribution in [2.24, 2.45) is 0 Å². The Morgan fingerprint density at radius 3 is 2.82 bits per heavy atom. The van der Waals surface area contributed by atoms with Gasteiger partial charge in [-0.05, 0) is 12.0 Å². The molecule has 0 N–H and O–H groups in total. The number of Topliss-reactive ketones (excluding diaryl/α,β-unsaturated/α-hetero) is 1. The highest BCUT2D eigenvalue weighted by Crippen LogP contribution is 2.29. The maximum Gasteiger partial charge on any atom is 0.138 e. The number of nitrogens with zero attached hydrogens (tertiary/aromatic N) is 1. The first kappa shape index (κ1) is 10.9. The van der Waals surface area contributed by atoms with Crippen LogP contribution in [0.25, 0.3) is 0 Å². The van der Waals surface area contributed by atoms with E-state index in [1.807, 2.05) is 6.07 Å². The van der Waals surface area contributed by atoms with Gasteiger partial charge in [0.2, 0.25) is 0 Å². The van der Waals surface area contributed by atoms with Gasteiger partial charge in [-0.1, -0.05) is 30.3 Å². The standard InChI is InChI=1S/C14H17NO2/c16-13-8-12-6-7-17-14(9-13)15(12)10-11-4-2-1-3-5-11/h1-5,12,14H,6-10H2/t12-,14+/m0/s1. The minimum Gasteiger partial charge on any atom is -0.363 e. The molecule has 2 aliphatic rings. The number of piperidine rings is 1. The van der Waals surface area contributed by atoms with Crippen molar-refractivity contribution in [1.29, 1.82) is 0 Å². The van der Waals surface area contributed by atoms with Gasteiger partial charge in [-0.2, -0.15) is 0 Å². The zero-order valence-corrected chi connectivity index (χ0v) is 9.84. The van der Waals surface area contributed by atoms with E-state index >= 15 is 0 Å². The molecule has 2 atom stereocenters. The molecule has 0 radical (unpaired) electrons. The maximum absolute atomic E-state index is 11.6. The summed E-state index contributed by atoms with van der Waals surface area (Å²) in [6.07, 6.45) is 2.25. The van der Waals surface area contributed by atoms with E-state index in [1.54, 1.807) is 0 Å². The Balaban J connectivity index is 1.76. The van der Waals surface area contributed by atoms with Crippen molar-refractivity contribution in [3.8, 4) is 0 Å². The van der Waals surface area contributed by atoms with Crippen LogP contribution in [0.3, 0.4) is 0 Å². The highest BCUT2D eigenvalue weighted by Gasteiger charge is 2.38. The molecule has 2 saturated heterocycles. The molecular formula is C14H17NO2. The molecule has 2 heterocycles. The zero-order chi connectivity index (χ0) is 11.7. The third-order valence-electron chi connectivity index (χ3n) is 3.67. The van der Waals surface area contributed by atoms with Crippen LogP contribution in [0.5, 0.6) is 0 Å². The molecule has 0 amide bonds. The second-order valence-corrected chi connectivity index (χ2v) is 4.87. The molecule has 2 fully saturated rings. The number of benzene rings is 1. The summed E-state index contributed by atoms with van der Waals surface area (Å²) < 4.78 is 5.71. The Kier molecular flexibility index (Phi) is 2.95. The van der Waals surface area contributed by atoms with Gasteiger partial charge in [0, 0.05) is 25.4 Å². The minimum atomic E-state index is 0.00945. The molecule has 90 valence electrons. The van der Waals surface area contributed by atoms with Gasteiger partial charge in [0.1, 0.15) is 12.0 Å². The molecule has 0 aliphatic carbocycles. The van der Waals surface area contributed by atoms with E-state index in [1.165, 1.54) is 5.56 Å². The molecule has 0 spiro atoms. The molecular weight excluding hydrogens is 214 g/mol. The number of hydrogen-bond donors (Lipinski definition) is 0. The fraction of sp³-hybridized carbons (Fsp3) is 0.500. The van der Waals surface area contributed by atoms with Crippen molar-refractivity contribution < 1.29 is 9.53 Å². The Hall–Kier alpha value is -1.19. The smallest absolute Gasteiger partial charge is 0.138 e. The monoisotopic (exact) mass is 231 g/mol. The summed E-state index contributed by atoms with van der Waals surface area (Å²) in [7, 11) is 0. The first-order valence-corrected chi connectivity index (χ1v) is 6.26. The molecule has 1 aromatic rings. The van der Waals surface area contributed by atoms with Gasteiger partial charge in [0.25, 0.3) is 0 Å². The average Bonchev–Trinajstić information content (AvgIpc) is 2.32. The van der Waals surface area contributed by atoms with Gasteiger partial charge in [-0.25, -0.2) is 0 Å². The largest absolute Gasteiger partial charge is 0.363 e. The maximum atomic E-state index is 11.6. The van der Waals surface area contributed by atoms with E-state index in [0.717, 1.165) is 19.6 Å². The van der Waals surface area contributed by atoms with Gasteiger partial charge in [0.15, 0.2) is 0 Å². The van der Waals surface area contributed by atoms with Crippen LogP contribution in [0, 0.1) is 0 Å². The van der Waals surface area contributed by atoms with Crippen molar-refractivity contribution in [3.63, 3.8) is 0 Å². The highest BCUT2D eigenvalue weighted by atomic mass is 16.5. The van der Waals surface area contributed by atoms with Gasteiger partial charge in [-0.3, -0.25) is 9.69 Å². The van der Waals surface area contributed by atoms with Gasteiger partial charge >= 0.3 is 0 Å². The Morgan fingerprint density at radius 1 is 1.24 bits per heavy atom. The van der Waals surface area contributed by atoms with Crippen LogP contribution in [0.15, 0.2) is 30.3 Å². The number of ketones is 1. The summed E-state index contributed by atoms with van der Waals surface area (Å²) in [5.74, 6) is 0.351. The molecule has 3 rings (SSSR count). The third kappa shape index (κ3) is 2.26. The van der Waals surface area contributed by atoms with E-state index in [0.29, 0.717) is 24.7 Å². The number of hydrogen-bond acceptors (Lipinski definition) is 3. The first-order valence-electron chi connectivity index (χ1n) is 6.26. The summed E-state index contributed by atoms with van der Waals surface area (Å²) in [6, 6.07) is 10.8. The normalized spacial score (nSPS) is 29.3. The van der Waals surface area contributed by atoms with E-state index in [2.05, 4.69) is 29.2 Å². The fourth-order valence-electron chi connectivity index (χ4n) is 2.80. The summed E-state index contributed by atoms with van der Waals surface area (Å²) >= 11 is 0. The van der Waals surface area contributed by atoms with Crippen LogP contribution >= 0.6 is 0 Å².